The molecule has 1 fully saturated rings. The molecule has 0 saturated heterocycles. The molecule has 3 aromatic rings. The van der Waals surface area contributed by atoms with Crippen molar-refractivity contribution in [3.05, 3.63) is 89.0 Å². The number of allylic oxidation sites excluding steroid dienone is 1. The highest BCUT2D eigenvalue weighted by molar-refractivity contribution is 5.73. The minimum Gasteiger partial charge on any atom is -0.339 e. The molecule has 0 radical (unpaired) electrons. The third kappa shape index (κ3) is 3.79. The highest BCUT2D eigenvalue weighted by Gasteiger charge is 2.46. The van der Waals surface area contributed by atoms with Crippen LogP contribution in [-0.2, 0) is 11.2 Å². The third-order valence-corrected chi connectivity index (χ3v) is 7.88. The smallest absolute Gasteiger partial charge is 0.219 e. The lowest BCUT2D eigenvalue weighted by molar-refractivity contribution is -0.130. The Balaban J connectivity index is 1.45. The SMILES string of the molecule is CC(=O)N(C)C(CC1CCC2=Cc3c(cnn3-c3ccc(F)cc3)CC21C)c1ccccc1. The van der Waals surface area contributed by atoms with Crippen LogP contribution in [-0.4, -0.2) is 27.6 Å². The summed E-state index contributed by atoms with van der Waals surface area (Å²) in [7, 11) is 1.92. The molecule has 4 nitrogen and oxygen atoms in total. The van der Waals surface area contributed by atoms with Crippen LogP contribution in [0, 0.1) is 17.2 Å². The zero-order valence-electron chi connectivity index (χ0n) is 19.5. The summed E-state index contributed by atoms with van der Waals surface area (Å²) in [5.74, 6) is 0.320. The fraction of sp³-hybridized carbons (Fsp3) is 0.357. The highest BCUT2D eigenvalue weighted by Crippen LogP contribution is 2.55. The maximum Gasteiger partial charge on any atom is 0.219 e. The fourth-order valence-corrected chi connectivity index (χ4v) is 5.78. The summed E-state index contributed by atoms with van der Waals surface area (Å²) in [5, 5.41) is 4.64. The molecule has 0 N–H and O–H groups in total. The lowest BCUT2D eigenvalue weighted by atomic mass is 9.68. The molecule has 1 aromatic heterocycles. The predicted molar refractivity (Wildman–Crippen MR) is 128 cm³/mol. The van der Waals surface area contributed by atoms with Crippen LogP contribution >= 0.6 is 0 Å². The van der Waals surface area contributed by atoms with Gasteiger partial charge in [0.1, 0.15) is 5.82 Å². The Morgan fingerprint density at radius 2 is 1.94 bits per heavy atom. The van der Waals surface area contributed by atoms with Gasteiger partial charge in [-0.15, -0.1) is 0 Å². The first kappa shape index (κ1) is 21.6. The third-order valence-electron chi connectivity index (χ3n) is 7.88. The lowest BCUT2D eigenvalue weighted by Gasteiger charge is -2.39. The summed E-state index contributed by atoms with van der Waals surface area (Å²) in [4.78, 5) is 14.2. The Bertz CT molecular complexity index is 1200. The van der Waals surface area contributed by atoms with Gasteiger partial charge in [-0.1, -0.05) is 42.8 Å². The molecule has 0 spiro atoms. The molecular formula is C28H30FN3O. The maximum absolute atomic E-state index is 13.4. The van der Waals surface area contributed by atoms with Gasteiger partial charge in [0.2, 0.25) is 5.91 Å². The second-order valence-corrected chi connectivity index (χ2v) is 9.73. The van der Waals surface area contributed by atoms with Crippen LogP contribution in [0.3, 0.4) is 0 Å². The number of hydrogen-bond acceptors (Lipinski definition) is 2. The number of carbonyl (C=O) groups excluding carboxylic acids is 1. The van der Waals surface area contributed by atoms with Crippen LogP contribution in [0.25, 0.3) is 11.8 Å². The van der Waals surface area contributed by atoms with Gasteiger partial charge in [0.05, 0.1) is 23.6 Å². The van der Waals surface area contributed by atoms with E-state index in [9.17, 15) is 9.18 Å². The first-order chi connectivity index (χ1) is 15.9. The average Bonchev–Trinajstić information content (AvgIpc) is 3.36. The Labute approximate surface area is 194 Å². The summed E-state index contributed by atoms with van der Waals surface area (Å²) < 4.78 is 15.3. The van der Waals surface area contributed by atoms with Crippen LogP contribution in [0.4, 0.5) is 4.39 Å². The number of benzene rings is 2. The lowest BCUT2D eigenvalue weighted by Crippen LogP contribution is -2.35. The van der Waals surface area contributed by atoms with Gasteiger partial charge in [0.15, 0.2) is 0 Å². The van der Waals surface area contributed by atoms with Gasteiger partial charge in [0.25, 0.3) is 0 Å². The van der Waals surface area contributed by atoms with E-state index in [0.29, 0.717) is 5.92 Å². The van der Waals surface area contributed by atoms with E-state index in [1.807, 2.05) is 28.9 Å². The minimum atomic E-state index is -0.243. The van der Waals surface area contributed by atoms with Crippen LogP contribution in [0.2, 0.25) is 0 Å². The van der Waals surface area contributed by atoms with Gasteiger partial charge in [-0.05, 0) is 78.5 Å². The van der Waals surface area contributed by atoms with Gasteiger partial charge in [-0.3, -0.25) is 4.79 Å². The standard InChI is InChI=1S/C28H30FN3O/c1-19(33)31(3)26(20-7-5-4-6-8-20)15-22-9-10-23-16-27-21(17-28(22,23)2)18-30-32(27)25-13-11-24(29)12-14-25/h4-8,11-14,16,18,22,26H,9-10,15,17H2,1-3H3. The molecule has 5 heteroatoms. The largest absolute Gasteiger partial charge is 0.339 e. The van der Waals surface area contributed by atoms with Crippen molar-refractivity contribution < 1.29 is 9.18 Å². The van der Waals surface area contributed by atoms with E-state index in [4.69, 9.17) is 0 Å². The molecule has 0 aliphatic heterocycles. The van der Waals surface area contributed by atoms with Crippen molar-refractivity contribution in [1.29, 1.82) is 0 Å². The van der Waals surface area contributed by atoms with Crippen molar-refractivity contribution in [3.63, 3.8) is 0 Å². The number of carbonyl (C=O) groups is 1. The van der Waals surface area contributed by atoms with Crippen LogP contribution in [0.15, 0.2) is 66.4 Å². The first-order valence-electron chi connectivity index (χ1n) is 11.7. The Hall–Kier alpha value is -3.21. The highest BCUT2D eigenvalue weighted by atomic mass is 19.1. The molecule has 1 heterocycles. The van der Waals surface area contributed by atoms with Crippen molar-refractivity contribution in [2.75, 3.05) is 7.05 Å². The van der Waals surface area contributed by atoms with Crippen molar-refractivity contribution in [1.82, 2.24) is 14.7 Å². The topological polar surface area (TPSA) is 38.1 Å². The number of nitrogens with zero attached hydrogens (tertiary/aromatic N) is 3. The van der Waals surface area contributed by atoms with E-state index in [0.717, 1.165) is 37.1 Å². The Morgan fingerprint density at radius 1 is 1.21 bits per heavy atom. The van der Waals surface area contributed by atoms with Gasteiger partial charge in [-0.25, -0.2) is 9.07 Å². The second kappa shape index (κ2) is 8.29. The maximum atomic E-state index is 13.4. The Kier molecular flexibility index (Phi) is 5.43. The van der Waals surface area contributed by atoms with Gasteiger partial charge in [0, 0.05) is 14.0 Å². The molecule has 0 bridgehead atoms. The summed E-state index contributed by atoms with van der Waals surface area (Å²) >= 11 is 0. The zero-order chi connectivity index (χ0) is 23.2. The number of hydrogen-bond donors (Lipinski definition) is 0. The number of fused-ring (bicyclic) bond motifs is 2. The molecule has 3 atom stereocenters. The molecule has 3 unspecified atom stereocenters. The van der Waals surface area contributed by atoms with E-state index >= 15 is 0 Å². The molecule has 2 aliphatic carbocycles. The molecular weight excluding hydrogens is 413 g/mol. The summed E-state index contributed by atoms with van der Waals surface area (Å²) in [6.45, 7) is 4.03. The summed E-state index contributed by atoms with van der Waals surface area (Å²) in [6.07, 6.45) is 8.32. The monoisotopic (exact) mass is 443 g/mol. The van der Waals surface area contributed by atoms with Crippen LogP contribution in [0.1, 0.15) is 56.0 Å². The fourth-order valence-electron chi connectivity index (χ4n) is 5.78. The van der Waals surface area contributed by atoms with Gasteiger partial charge in [-0.2, -0.15) is 5.10 Å². The molecule has 33 heavy (non-hydrogen) atoms. The normalized spacial score (nSPS) is 22.3. The average molecular weight is 444 g/mol. The first-order valence-corrected chi connectivity index (χ1v) is 11.7. The van der Waals surface area contributed by atoms with E-state index in [2.05, 4.69) is 42.4 Å². The number of amides is 1. The van der Waals surface area contributed by atoms with E-state index < -0.39 is 0 Å². The van der Waals surface area contributed by atoms with Crippen molar-refractivity contribution >= 4 is 12.0 Å². The molecule has 2 aromatic carbocycles. The van der Waals surface area contributed by atoms with Crippen molar-refractivity contribution in [3.8, 4) is 5.69 Å². The molecule has 2 aliphatic rings. The zero-order valence-corrected chi connectivity index (χ0v) is 19.5. The quantitative estimate of drug-likeness (QED) is 0.487. The minimum absolute atomic E-state index is 0.0499. The predicted octanol–water partition coefficient (Wildman–Crippen LogP) is 5.98. The second-order valence-electron chi connectivity index (χ2n) is 9.73. The van der Waals surface area contributed by atoms with Crippen LogP contribution < -0.4 is 0 Å². The van der Waals surface area contributed by atoms with Gasteiger partial charge >= 0.3 is 0 Å². The number of rotatable bonds is 5. The van der Waals surface area contributed by atoms with Crippen molar-refractivity contribution in [2.24, 2.45) is 11.3 Å². The number of aromatic nitrogens is 2. The summed E-state index contributed by atoms with van der Waals surface area (Å²) in [5.41, 5.74) is 5.91. The molecule has 1 saturated carbocycles. The number of halogens is 1. The van der Waals surface area contributed by atoms with Gasteiger partial charge < -0.3 is 4.90 Å². The van der Waals surface area contributed by atoms with E-state index in [1.54, 1.807) is 19.1 Å². The molecule has 1 amide bonds. The Morgan fingerprint density at radius 3 is 2.64 bits per heavy atom. The molecule has 170 valence electrons. The van der Waals surface area contributed by atoms with E-state index in [-0.39, 0.29) is 23.2 Å². The van der Waals surface area contributed by atoms with E-state index in [1.165, 1.54) is 28.8 Å². The van der Waals surface area contributed by atoms with Crippen LogP contribution in [0.5, 0.6) is 0 Å². The molecule has 5 rings (SSSR count). The summed E-state index contributed by atoms with van der Waals surface area (Å²) in [6, 6.07) is 16.9. The van der Waals surface area contributed by atoms with Crippen molar-refractivity contribution in [2.45, 2.75) is 45.6 Å².